The number of likely N-dealkylation sites (N-methyl/N-ethyl adjacent to an activating group) is 1. The molecule has 0 aromatic carbocycles. The smallest absolute Gasteiger partial charge is 0.323 e. The van der Waals surface area contributed by atoms with Gasteiger partial charge in [-0.15, -0.1) is 0 Å². The third-order valence-electron chi connectivity index (χ3n) is 3.57. The molecule has 0 bridgehead atoms. The fraction of sp³-hybridized carbons (Fsp3) is 0.909. The molecule has 1 rings (SSSR count). The zero-order valence-corrected chi connectivity index (χ0v) is 9.99. The van der Waals surface area contributed by atoms with E-state index in [1.807, 2.05) is 13.8 Å². The van der Waals surface area contributed by atoms with Crippen LogP contribution in [0.15, 0.2) is 0 Å². The van der Waals surface area contributed by atoms with Gasteiger partial charge in [-0.05, 0) is 33.4 Å². The van der Waals surface area contributed by atoms with E-state index in [0.29, 0.717) is 6.42 Å². The van der Waals surface area contributed by atoms with E-state index in [9.17, 15) is 9.90 Å². The molecule has 0 spiro atoms. The van der Waals surface area contributed by atoms with Crippen molar-refractivity contribution in [2.75, 3.05) is 33.2 Å². The van der Waals surface area contributed by atoms with Crippen molar-refractivity contribution < 1.29 is 9.90 Å². The van der Waals surface area contributed by atoms with Crippen molar-refractivity contribution in [1.82, 2.24) is 9.80 Å². The zero-order chi connectivity index (χ0) is 11.5. The van der Waals surface area contributed by atoms with Crippen molar-refractivity contribution >= 4 is 5.97 Å². The second kappa shape index (κ2) is 4.94. The second-order valence-electron chi connectivity index (χ2n) is 4.58. The molecule has 1 heterocycles. The number of carboxylic acid groups (broad SMARTS) is 1. The van der Waals surface area contributed by atoms with Gasteiger partial charge in [-0.3, -0.25) is 9.69 Å². The van der Waals surface area contributed by atoms with Crippen molar-refractivity contribution in [3.63, 3.8) is 0 Å². The number of aliphatic carboxylic acids is 1. The van der Waals surface area contributed by atoms with Crippen molar-refractivity contribution in [3.8, 4) is 0 Å². The van der Waals surface area contributed by atoms with Crippen LogP contribution < -0.4 is 0 Å². The van der Waals surface area contributed by atoms with Gasteiger partial charge in [-0.1, -0.05) is 6.92 Å². The minimum atomic E-state index is -0.699. The molecule has 1 aliphatic rings. The third kappa shape index (κ3) is 2.69. The summed E-state index contributed by atoms with van der Waals surface area (Å²) in [4.78, 5) is 15.7. The lowest BCUT2D eigenvalue weighted by molar-refractivity contribution is -0.150. The molecular weight excluding hydrogens is 192 g/mol. The van der Waals surface area contributed by atoms with Crippen molar-refractivity contribution in [2.24, 2.45) is 0 Å². The fourth-order valence-electron chi connectivity index (χ4n) is 2.05. The topological polar surface area (TPSA) is 43.8 Å². The van der Waals surface area contributed by atoms with Gasteiger partial charge in [-0.25, -0.2) is 0 Å². The Morgan fingerprint density at radius 2 is 2.00 bits per heavy atom. The van der Waals surface area contributed by atoms with Gasteiger partial charge >= 0.3 is 5.97 Å². The van der Waals surface area contributed by atoms with Crippen molar-refractivity contribution in [3.05, 3.63) is 0 Å². The highest BCUT2D eigenvalue weighted by molar-refractivity contribution is 5.78. The summed E-state index contributed by atoms with van der Waals surface area (Å²) < 4.78 is 0. The van der Waals surface area contributed by atoms with Crippen molar-refractivity contribution in [1.29, 1.82) is 0 Å². The maximum absolute atomic E-state index is 11.3. The van der Waals surface area contributed by atoms with Gasteiger partial charge in [0.1, 0.15) is 5.54 Å². The molecule has 1 aliphatic heterocycles. The molecule has 0 amide bonds. The van der Waals surface area contributed by atoms with E-state index in [-0.39, 0.29) is 0 Å². The van der Waals surface area contributed by atoms with Crippen LogP contribution in [0.4, 0.5) is 0 Å². The lowest BCUT2D eigenvalue weighted by Gasteiger charge is -2.36. The Balaban J connectivity index is 2.72. The normalized spacial score (nSPS) is 24.5. The van der Waals surface area contributed by atoms with Crippen LogP contribution in [-0.2, 0) is 4.79 Å². The van der Waals surface area contributed by atoms with E-state index in [1.54, 1.807) is 0 Å². The summed E-state index contributed by atoms with van der Waals surface area (Å²) in [7, 11) is 2.09. The van der Waals surface area contributed by atoms with E-state index in [1.165, 1.54) is 0 Å². The van der Waals surface area contributed by atoms with E-state index >= 15 is 0 Å². The van der Waals surface area contributed by atoms with Crippen LogP contribution in [0.5, 0.6) is 0 Å². The largest absolute Gasteiger partial charge is 0.480 e. The highest BCUT2D eigenvalue weighted by atomic mass is 16.4. The standard InChI is InChI=1S/C11H22N2O2/c1-4-11(2,10(14)15)13-7-5-6-12(3)8-9-13/h4-9H2,1-3H3,(H,14,15). The molecule has 1 fully saturated rings. The van der Waals surface area contributed by atoms with Gasteiger partial charge in [0.25, 0.3) is 0 Å². The monoisotopic (exact) mass is 214 g/mol. The Hall–Kier alpha value is -0.610. The minimum Gasteiger partial charge on any atom is -0.480 e. The average Bonchev–Trinajstić information content (AvgIpc) is 2.41. The molecule has 1 N–H and O–H groups in total. The van der Waals surface area contributed by atoms with Crippen molar-refractivity contribution in [2.45, 2.75) is 32.2 Å². The molecule has 0 aromatic rings. The SMILES string of the molecule is CCC(C)(C(=O)O)N1CCCN(C)CC1. The predicted octanol–water partition coefficient (Wildman–Crippen LogP) is 0.877. The lowest BCUT2D eigenvalue weighted by Crippen LogP contribution is -2.53. The van der Waals surface area contributed by atoms with E-state index in [4.69, 9.17) is 0 Å². The number of carboxylic acids is 1. The number of carbonyl (C=O) groups is 1. The number of rotatable bonds is 3. The number of hydrogen-bond acceptors (Lipinski definition) is 3. The van der Waals surface area contributed by atoms with E-state index in [2.05, 4.69) is 16.8 Å². The quantitative estimate of drug-likeness (QED) is 0.757. The summed E-state index contributed by atoms with van der Waals surface area (Å²) in [6.07, 6.45) is 1.71. The lowest BCUT2D eigenvalue weighted by atomic mass is 9.96. The second-order valence-corrected chi connectivity index (χ2v) is 4.58. The first-order valence-electron chi connectivity index (χ1n) is 5.67. The van der Waals surface area contributed by atoms with Gasteiger partial charge in [0, 0.05) is 19.6 Å². The minimum absolute atomic E-state index is 0.659. The van der Waals surface area contributed by atoms with E-state index < -0.39 is 11.5 Å². The maximum Gasteiger partial charge on any atom is 0.323 e. The molecule has 4 nitrogen and oxygen atoms in total. The molecule has 0 aliphatic carbocycles. The molecule has 0 saturated carbocycles. The highest BCUT2D eigenvalue weighted by Crippen LogP contribution is 2.21. The van der Waals surface area contributed by atoms with Crippen LogP contribution in [0.3, 0.4) is 0 Å². The Kier molecular flexibility index (Phi) is 4.11. The number of hydrogen-bond donors (Lipinski definition) is 1. The van der Waals surface area contributed by atoms with Crippen LogP contribution in [0.25, 0.3) is 0 Å². The molecule has 1 saturated heterocycles. The molecule has 1 atom stereocenters. The summed E-state index contributed by atoms with van der Waals surface area (Å²) in [6.45, 7) is 7.55. The van der Waals surface area contributed by atoms with Crippen LogP contribution in [0, 0.1) is 0 Å². The Bertz CT molecular complexity index is 233. The summed E-state index contributed by atoms with van der Waals surface area (Å²) in [5, 5.41) is 9.29. The molecule has 1 unspecified atom stereocenters. The first kappa shape index (κ1) is 12.5. The van der Waals surface area contributed by atoms with Gasteiger partial charge < -0.3 is 10.0 Å². The first-order valence-corrected chi connectivity index (χ1v) is 5.67. The first-order chi connectivity index (χ1) is 7.00. The predicted molar refractivity (Wildman–Crippen MR) is 60.0 cm³/mol. The van der Waals surface area contributed by atoms with Crippen LogP contribution in [0.2, 0.25) is 0 Å². The molecular formula is C11H22N2O2. The van der Waals surface area contributed by atoms with Gasteiger partial charge in [-0.2, -0.15) is 0 Å². The molecule has 0 radical (unpaired) electrons. The van der Waals surface area contributed by atoms with Gasteiger partial charge in [0.15, 0.2) is 0 Å². The molecule has 88 valence electrons. The summed E-state index contributed by atoms with van der Waals surface area (Å²) in [6, 6.07) is 0. The zero-order valence-electron chi connectivity index (χ0n) is 9.99. The molecule has 4 heteroatoms. The summed E-state index contributed by atoms with van der Waals surface area (Å²) in [5.41, 5.74) is -0.689. The number of nitrogens with zero attached hydrogens (tertiary/aromatic N) is 2. The highest BCUT2D eigenvalue weighted by Gasteiger charge is 2.37. The van der Waals surface area contributed by atoms with E-state index in [0.717, 1.165) is 32.6 Å². The fourth-order valence-corrected chi connectivity index (χ4v) is 2.05. The molecule has 0 aromatic heterocycles. The van der Waals surface area contributed by atoms with Crippen LogP contribution >= 0.6 is 0 Å². The van der Waals surface area contributed by atoms with Gasteiger partial charge in [0.05, 0.1) is 0 Å². The average molecular weight is 214 g/mol. The van der Waals surface area contributed by atoms with Gasteiger partial charge in [0.2, 0.25) is 0 Å². The Morgan fingerprint density at radius 3 is 2.53 bits per heavy atom. The Morgan fingerprint density at radius 1 is 1.33 bits per heavy atom. The van der Waals surface area contributed by atoms with Crippen LogP contribution in [0.1, 0.15) is 26.7 Å². The maximum atomic E-state index is 11.3. The Labute approximate surface area is 91.9 Å². The van der Waals surface area contributed by atoms with Crippen LogP contribution in [-0.4, -0.2) is 59.6 Å². The third-order valence-corrected chi connectivity index (χ3v) is 3.57. The summed E-state index contributed by atoms with van der Waals surface area (Å²) >= 11 is 0. The summed E-state index contributed by atoms with van der Waals surface area (Å²) in [5.74, 6) is -0.699. The molecule has 15 heavy (non-hydrogen) atoms.